The number of rotatable bonds is 5. The smallest absolute Gasteiger partial charge is 0.225 e. The lowest BCUT2D eigenvalue weighted by molar-refractivity contribution is -0.138. The fraction of sp³-hybridized carbons (Fsp3) is 0.826. The summed E-state index contributed by atoms with van der Waals surface area (Å²) in [6.07, 6.45) is 4.94. The molecule has 2 unspecified atom stereocenters. The van der Waals surface area contributed by atoms with Gasteiger partial charge in [0.2, 0.25) is 5.91 Å². The molecule has 0 bridgehead atoms. The summed E-state index contributed by atoms with van der Waals surface area (Å²) in [7, 11) is 0. The van der Waals surface area contributed by atoms with Gasteiger partial charge in [-0.2, -0.15) is 0 Å². The van der Waals surface area contributed by atoms with Crippen molar-refractivity contribution in [3.05, 3.63) is 16.1 Å². The molecule has 6 nitrogen and oxygen atoms in total. The van der Waals surface area contributed by atoms with Gasteiger partial charge in [0, 0.05) is 50.6 Å². The maximum atomic E-state index is 13.1. The normalized spacial score (nSPS) is 28.2. The van der Waals surface area contributed by atoms with Gasteiger partial charge in [0.25, 0.3) is 0 Å². The first-order chi connectivity index (χ1) is 14.5. The molecule has 0 spiro atoms. The molecule has 3 fully saturated rings. The number of amides is 1. The van der Waals surface area contributed by atoms with E-state index in [-0.39, 0.29) is 5.92 Å². The lowest BCUT2D eigenvalue weighted by atomic mass is 9.91. The second kappa shape index (κ2) is 10.1. The van der Waals surface area contributed by atoms with E-state index in [2.05, 4.69) is 45.8 Å². The Morgan fingerprint density at radius 2 is 1.73 bits per heavy atom. The van der Waals surface area contributed by atoms with Crippen molar-refractivity contribution in [2.24, 2.45) is 11.8 Å². The highest BCUT2D eigenvalue weighted by molar-refractivity contribution is 7.09. The van der Waals surface area contributed by atoms with Crippen molar-refractivity contribution >= 4 is 17.2 Å². The number of carbonyl (C=O) groups excluding carboxylic acids is 1. The van der Waals surface area contributed by atoms with Crippen LogP contribution in [-0.2, 0) is 16.1 Å². The number of likely N-dealkylation sites (tertiary alicyclic amines) is 2. The molecule has 1 amide bonds. The lowest BCUT2D eigenvalue weighted by Gasteiger charge is -2.40. The summed E-state index contributed by atoms with van der Waals surface area (Å²) in [5.41, 5.74) is 1.17. The van der Waals surface area contributed by atoms with Gasteiger partial charge in [0.1, 0.15) is 0 Å². The number of hydrogen-bond acceptors (Lipinski definition) is 6. The highest BCUT2D eigenvalue weighted by Gasteiger charge is 2.32. The van der Waals surface area contributed by atoms with Crippen LogP contribution in [0.3, 0.4) is 0 Å². The third-order valence-corrected chi connectivity index (χ3v) is 7.75. The van der Waals surface area contributed by atoms with Crippen molar-refractivity contribution in [2.45, 2.75) is 65.2 Å². The van der Waals surface area contributed by atoms with Crippen LogP contribution in [0, 0.1) is 18.8 Å². The average Bonchev–Trinajstić information content (AvgIpc) is 3.12. The van der Waals surface area contributed by atoms with Gasteiger partial charge < -0.3 is 9.64 Å². The van der Waals surface area contributed by atoms with Gasteiger partial charge in [-0.3, -0.25) is 14.6 Å². The summed E-state index contributed by atoms with van der Waals surface area (Å²) in [5.74, 6) is 1.34. The predicted molar refractivity (Wildman–Crippen MR) is 121 cm³/mol. The maximum Gasteiger partial charge on any atom is 0.225 e. The summed E-state index contributed by atoms with van der Waals surface area (Å²) in [4.78, 5) is 24.8. The summed E-state index contributed by atoms with van der Waals surface area (Å²) < 4.78 is 5.86. The fourth-order valence-electron chi connectivity index (χ4n) is 5.44. The standard InChI is InChI=1S/C23H38N4O2S/c1-17-12-26(13-18(2)29-17)14-20-4-10-27(11-5-20)23(28)21-6-8-25(9-7-21)15-22-16-30-19(3)24-22/h16-18,20-21H,4-15H2,1-3H3. The van der Waals surface area contributed by atoms with E-state index in [1.54, 1.807) is 11.3 Å². The molecule has 1 aromatic rings. The Morgan fingerprint density at radius 3 is 2.33 bits per heavy atom. The molecule has 1 aromatic heterocycles. The van der Waals surface area contributed by atoms with E-state index >= 15 is 0 Å². The molecule has 0 N–H and O–H groups in total. The average molecular weight is 435 g/mol. The van der Waals surface area contributed by atoms with Crippen molar-refractivity contribution in [3.63, 3.8) is 0 Å². The van der Waals surface area contributed by atoms with E-state index in [1.807, 2.05) is 0 Å². The molecule has 7 heteroatoms. The highest BCUT2D eigenvalue weighted by atomic mass is 32.1. The number of aromatic nitrogens is 1. The summed E-state index contributed by atoms with van der Waals surface area (Å²) >= 11 is 1.72. The quantitative estimate of drug-likeness (QED) is 0.713. The van der Waals surface area contributed by atoms with Gasteiger partial charge in [-0.15, -0.1) is 11.3 Å². The Morgan fingerprint density at radius 1 is 1.07 bits per heavy atom. The van der Waals surface area contributed by atoms with Crippen LogP contribution in [0.1, 0.15) is 50.2 Å². The number of morpholine rings is 1. The monoisotopic (exact) mass is 434 g/mol. The zero-order valence-electron chi connectivity index (χ0n) is 18.9. The molecule has 0 saturated carbocycles. The molecule has 3 aliphatic heterocycles. The van der Waals surface area contributed by atoms with Gasteiger partial charge >= 0.3 is 0 Å². The molecule has 3 aliphatic rings. The Hall–Kier alpha value is -1.02. The minimum Gasteiger partial charge on any atom is -0.373 e. The van der Waals surface area contributed by atoms with Crippen molar-refractivity contribution in [1.82, 2.24) is 19.7 Å². The molecule has 3 saturated heterocycles. The largest absolute Gasteiger partial charge is 0.373 e. The van der Waals surface area contributed by atoms with Gasteiger partial charge in [-0.1, -0.05) is 0 Å². The topological polar surface area (TPSA) is 48.9 Å². The van der Waals surface area contributed by atoms with Crippen LogP contribution >= 0.6 is 11.3 Å². The molecular formula is C23H38N4O2S. The number of aryl methyl sites for hydroxylation is 1. The van der Waals surface area contributed by atoms with Gasteiger partial charge in [-0.05, 0) is 65.5 Å². The zero-order chi connectivity index (χ0) is 21.1. The van der Waals surface area contributed by atoms with E-state index < -0.39 is 0 Å². The maximum absolute atomic E-state index is 13.1. The Balaban J connectivity index is 1.17. The first-order valence-electron chi connectivity index (χ1n) is 11.8. The highest BCUT2D eigenvalue weighted by Crippen LogP contribution is 2.26. The Bertz CT molecular complexity index is 685. The first-order valence-corrected chi connectivity index (χ1v) is 12.6. The molecule has 0 aromatic carbocycles. The minimum absolute atomic E-state index is 0.218. The van der Waals surface area contributed by atoms with Gasteiger partial charge in [-0.25, -0.2) is 4.98 Å². The summed E-state index contributed by atoms with van der Waals surface area (Å²) in [6, 6.07) is 0. The fourth-order valence-corrected chi connectivity index (χ4v) is 6.04. The number of nitrogens with zero attached hydrogens (tertiary/aromatic N) is 4. The first kappa shape index (κ1) is 22.2. The Kier molecular flexibility index (Phi) is 7.44. The van der Waals surface area contributed by atoms with Crippen LogP contribution in [0.5, 0.6) is 0 Å². The number of carbonyl (C=O) groups is 1. The molecular weight excluding hydrogens is 396 g/mol. The van der Waals surface area contributed by atoms with Crippen molar-refractivity contribution in [3.8, 4) is 0 Å². The third kappa shape index (κ3) is 5.81. The number of piperidine rings is 2. The minimum atomic E-state index is 0.218. The zero-order valence-corrected chi connectivity index (χ0v) is 19.7. The van der Waals surface area contributed by atoms with Crippen LogP contribution < -0.4 is 0 Å². The second-order valence-electron chi connectivity index (χ2n) is 9.65. The predicted octanol–water partition coefficient (Wildman–Crippen LogP) is 3.01. The van der Waals surface area contributed by atoms with E-state index in [0.29, 0.717) is 18.1 Å². The van der Waals surface area contributed by atoms with E-state index in [1.165, 1.54) is 5.69 Å². The van der Waals surface area contributed by atoms with Crippen LogP contribution in [-0.4, -0.2) is 83.6 Å². The SMILES string of the molecule is Cc1nc(CN2CCC(C(=O)N3CCC(CN4CC(C)OC(C)C4)CC3)CC2)cs1. The third-order valence-electron chi connectivity index (χ3n) is 6.93. The van der Waals surface area contributed by atoms with Crippen molar-refractivity contribution in [2.75, 3.05) is 45.8 Å². The molecule has 4 rings (SSSR count). The summed E-state index contributed by atoms with van der Waals surface area (Å²) in [5, 5.41) is 3.30. The van der Waals surface area contributed by atoms with E-state index in [9.17, 15) is 4.79 Å². The molecule has 4 heterocycles. The number of thiazole rings is 1. The molecule has 2 atom stereocenters. The molecule has 0 aliphatic carbocycles. The molecule has 0 radical (unpaired) electrons. The van der Waals surface area contributed by atoms with Crippen molar-refractivity contribution < 1.29 is 9.53 Å². The molecule has 168 valence electrons. The van der Waals surface area contributed by atoms with Crippen LogP contribution in [0.2, 0.25) is 0 Å². The summed E-state index contributed by atoms with van der Waals surface area (Å²) in [6.45, 7) is 14.5. The number of hydrogen-bond donors (Lipinski definition) is 0. The van der Waals surface area contributed by atoms with Crippen LogP contribution in [0.25, 0.3) is 0 Å². The number of ether oxygens (including phenoxy) is 1. The van der Waals surface area contributed by atoms with E-state index in [0.717, 1.165) is 89.0 Å². The van der Waals surface area contributed by atoms with E-state index in [4.69, 9.17) is 4.74 Å². The second-order valence-corrected chi connectivity index (χ2v) is 10.7. The molecule has 30 heavy (non-hydrogen) atoms. The van der Waals surface area contributed by atoms with Gasteiger partial charge in [0.05, 0.1) is 22.9 Å². The van der Waals surface area contributed by atoms with Crippen molar-refractivity contribution in [1.29, 1.82) is 0 Å². The van der Waals surface area contributed by atoms with Crippen LogP contribution in [0.4, 0.5) is 0 Å². The lowest BCUT2D eigenvalue weighted by Crippen LogP contribution is -2.49. The van der Waals surface area contributed by atoms with Gasteiger partial charge in [0.15, 0.2) is 0 Å². The Labute approximate surface area is 185 Å². The van der Waals surface area contributed by atoms with Crippen LogP contribution in [0.15, 0.2) is 5.38 Å².